The Labute approximate surface area is 157 Å². The molecule has 0 aliphatic carbocycles. The van der Waals surface area contributed by atoms with Crippen LogP contribution in [-0.4, -0.2) is 41.6 Å². The van der Waals surface area contributed by atoms with Gasteiger partial charge in [0.25, 0.3) is 5.91 Å². The predicted molar refractivity (Wildman–Crippen MR) is 98.8 cm³/mol. The van der Waals surface area contributed by atoms with E-state index in [1.807, 2.05) is 37.3 Å². The second-order valence-corrected chi connectivity index (χ2v) is 6.68. The summed E-state index contributed by atoms with van der Waals surface area (Å²) in [5.41, 5.74) is 1.32. The molecule has 2 atom stereocenters. The molecule has 1 fully saturated rings. The molecule has 1 amide bonds. The van der Waals surface area contributed by atoms with Crippen LogP contribution < -0.4 is 4.74 Å². The van der Waals surface area contributed by atoms with Crippen molar-refractivity contribution in [3.05, 3.63) is 64.7 Å². The van der Waals surface area contributed by atoms with E-state index in [-0.39, 0.29) is 18.4 Å². The first-order chi connectivity index (χ1) is 12.5. The fourth-order valence-corrected chi connectivity index (χ4v) is 3.54. The number of carbonyl (C=O) groups is 2. The maximum atomic E-state index is 13.0. The van der Waals surface area contributed by atoms with Gasteiger partial charge in [0.05, 0.1) is 18.1 Å². The zero-order chi connectivity index (χ0) is 18.7. The number of carboxylic acids is 1. The van der Waals surface area contributed by atoms with Crippen LogP contribution in [0.4, 0.5) is 0 Å². The van der Waals surface area contributed by atoms with Gasteiger partial charge in [-0.1, -0.05) is 41.9 Å². The molecule has 1 aliphatic rings. The third-order valence-electron chi connectivity index (χ3n) is 4.63. The molecule has 1 N–H and O–H groups in total. The number of rotatable bonds is 5. The number of ether oxygens (including phenoxy) is 1. The number of carboxylic acid groups (broad SMARTS) is 1. The number of nitrogens with zero attached hydrogens (tertiary/aromatic N) is 1. The van der Waals surface area contributed by atoms with E-state index < -0.39 is 11.9 Å². The molecule has 2 aromatic rings. The number of carbonyl (C=O) groups excluding carboxylic acids is 1. The van der Waals surface area contributed by atoms with Gasteiger partial charge in [-0.15, -0.1) is 0 Å². The van der Waals surface area contributed by atoms with Crippen molar-refractivity contribution in [2.45, 2.75) is 12.8 Å². The number of halogens is 1. The van der Waals surface area contributed by atoms with E-state index in [0.717, 1.165) is 5.56 Å². The van der Waals surface area contributed by atoms with Crippen molar-refractivity contribution in [1.29, 1.82) is 0 Å². The maximum Gasteiger partial charge on any atom is 0.308 e. The maximum absolute atomic E-state index is 13.0. The standard InChI is InChI=1S/C20H20ClNO4/c1-2-26-18-10-14(21)8-9-15(18)19(23)22-11-16(17(12-22)20(24)25)13-6-4-3-5-7-13/h3-10,16-17H,2,11-12H2,1H3,(H,24,25)/t16-,17-/m0/s1. The highest BCUT2D eigenvalue weighted by Gasteiger charge is 2.41. The molecule has 0 unspecified atom stereocenters. The predicted octanol–water partition coefficient (Wildman–Crippen LogP) is 3.68. The quantitative estimate of drug-likeness (QED) is 0.868. The molecule has 2 aromatic carbocycles. The summed E-state index contributed by atoms with van der Waals surface area (Å²) in [4.78, 5) is 26.3. The molecule has 0 aromatic heterocycles. The average Bonchev–Trinajstić information content (AvgIpc) is 3.08. The number of amides is 1. The molecular weight excluding hydrogens is 354 g/mol. The highest BCUT2D eigenvalue weighted by Crippen LogP contribution is 2.35. The Hall–Kier alpha value is -2.53. The van der Waals surface area contributed by atoms with E-state index in [1.165, 1.54) is 0 Å². The highest BCUT2D eigenvalue weighted by atomic mass is 35.5. The largest absolute Gasteiger partial charge is 0.493 e. The van der Waals surface area contributed by atoms with Crippen LogP contribution >= 0.6 is 11.6 Å². The minimum absolute atomic E-state index is 0.169. The minimum atomic E-state index is -0.893. The zero-order valence-electron chi connectivity index (χ0n) is 14.4. The highest BCUT2D eigenvalue weighted by molar-refractivity contribution is 6.30. The van der Waals surface area contributed by atoms with Crippen LogP contribution in [0.25, 0.3) is 0 Å². The van der Waals surface area contributed by atoms with Crippen LogP contribution in [0.15, 0.2) is 48.5 Å². The summed E-state index contributed by atoms with van der Waals surface area (Å²) in [6, 6.07) is 14.3. The third kappa shape index (κ3) is 3.68. The van der Waals surface area contributed by atoms with Gasteiger partial charge in [-0.25, -0.2) is 0 Å². The van der Waals surface area contributed by atoms with Crippen LogP contribution in [0, 0.1) is 5.92 Å². The van der Waals surface area contributed by atoms with Gasteiger partial charge in [0.15, 0.2) is 0 Å². The van der Waals surface area contributed by atoms with Crippen molar-refractivity contribution in [3.8, 4) is 5.75 Å². The van der Waals surface area contributed by atoms with Crippen LogP contribution in [0.1, 0.15) is 28.8 Å². The summed E-state index contributed by atoms with van der Waals surface area (Å²) in [6.45, 7) is 2.76. The first-order valence-corrected chi connectivity index (χ1v) is 8.88. The van der Waals surface area contributed by atoms with Gasteiger partial charge in [-0.3, -0.25) is 9.59 Å². The van der Waals surface area contributed by atoms with Gasteiger partial charge in [-0.05, 0) is 30.7 Å². The van der Waals surface area contributed by atoms with Crippen molar-refractivity contribution >= 4 is 23.5 Å². The third-order valence-corrected chi connectivity index (χ3v) is 4.86. The minimum Gasteiger partial charge on any atom is -0.493 e. The Morgan fingerprint density at radius 2 is 1.92 bits per heavy atom. The molecule has 0 saturated carbocycles. The molecule has 0 bridgehead atoms. The van der Waals surface area contributed by atoms with E-state index in [0.29, 0.717) is 29.5 Å². The number of likely N-dealkylation sites (tertiary alicyclic amines) is 1. The lowest BCUT2D eigenvalue weighted by Crippen LogP contribution is -2.30. The Balaban J connectivity index is 1.88. The zero-order valence-corrected chi connectivity index (χ0v) is 15.1. The molecule has 0 spiro atoms. The molecule has 26 heavy (non-hydrogen) atoms. The van der Waals surface area contributed by atoms with Crippen molar-refractivity contribution in [3.63, 3.8) is 0 Å². The van der Waals surface area contributed by atoms with Crippen LogP contribution in [0.3, 0.4) is 0 Å². The van der Waals surface area contributed by atoms with Crippen LogP contribution in [-0.2, 0) is 4.79 Å². The molecule has 6 heteroatoms. The molecule has 5 nitrogen and oxygen atoms in total. The molecule has 1 heterocycles. The summed E-state index contributed by atoms with van der Waals surface area (Å²) in [7, 11) is 0. The molecule has 3 rings (SSSR count). The fourth-order valence-electron chi connectivity index (χ4n) is 3.38. The van der Waals surface area contributed by atoms with Crippen molar-refractivity contribution in [1.82, 2.24) is 4.90 Å². The summed E-state index contributed by atoms with van der Waals surface area (Å²) in [5, 5.41) is 10.1. The SMILES string of the molecule is CCOc1cc(Cl)ccc1C(=O)N1C[C@H](C(=O)O)[C@H](c2ccccc2)C1. The van der Waals surface area contributed by atoms with E-state index in [9.17, 15) is 14.7 Å². The number of aliphatic carboxylic acids is 1. The summed E-state index contributed by atoms with van der Waals surface area (Å²) >= 11 is 6.00. The second kappa shape index (κ2) is 7.79. The lowest BCUT2D eigenvalue weighted by atomic mass is 9.89. The topological polar surface area (TPSA) is 66.8 Å². The van der Waals surface area contributed by atoms with Crippen molar-refractivity contribution in [2.75, 3.05) is 19.7 Å². The van der Waals surface area contributed by atoms with E-state index in [2.05, 4.69) is 0 Å². The van der Waals surface area contributed by atoms with E-state index >= 15 is 0 Å². The number of hydrogen-bond donors (Lipinski definition) is 1. The Bertz CT molecular complexity index is 809. The molecule has 1 aliphatic heterocycles. The molecule has 136 valence electrons. The first-order valence-electron chi connectivity index (χ1n) is 8.50. The summed E-state index contributed by atoms with van der Waals surface area (Å²) in [5.74, 6) is -1.59. The Kier molecular flexibility index (Phi) is 5.47. The Morgan fingerprint density at radius 1 is 1.19 bits per heavy atom. The van der Waals surface area contributed by atoms with Gasteiger partial charge < -0.3 is 14.7 Å². The van der Waals surface area contributed by atoms with E-state index in [1.54, 1.807) is 23.1 Å². The summed E-state index contributed by atoms with van der Waals surface area (Å²) in [6.07, 6.45) is 0. The van der Waals surface area contributed by atoms with E-state index in [4.69, 9.17) is 16.3 Å². The van der Waals surface area contributed by atoms with Gasteiger partial charge in [0, 0.05) is 24.0 Å². The summed E-state index contributed by atoms with van der Waals surface area (Å²) < 4.78 is 5.54. The average molecular weight is 374 g/mol. The second-order valence-electron chi connectivity index (χ2n) is 6.25. The van der Waals surface area contributed by atoms with Crippen LogP contribution in [0.5, 0.6) is 5.75 Å². The van der Waals surface area contributed by atoms with Crippen molar-refractivity contribution < 1.29 is 19.4 Å². The first kappa shape index (κ1) is 18.3. The van der Waals surface area contributed by atoms with Gasteiger partial charge >= 0.3 is 5.97 Å². The van der Waals surface area contributed by atoms with Gasteiger partial charge in [0.1, 0.15) is 5.75 Å². The molecule has 0 radical (unpaired) electrons. The van der Waals surface area contributed by atoms with Gasteiger partial charge in [0.2, 0.25) is 0 Å². The monoisotopic (exact) mass is 373 g/mol. The normalized spacial score (nSPS) is 19.4. The van der Waals surface area contributed by atoms with Gasteiger partial charge in [-0.2, -0.15) is 0 Å². The lowest BCUT2D eigenvalue weighted by molar-refractivity contribution is -0.141. The molecular formula is C20H20ClNO4. The lowest BCUT2D eigenvalue weighted by Gasteiger charge is -2.18. The number of benzene rings is 2. The number of hydrogen-bond acceptors (Lipinski definition) is 3. The van der Waals surface area contributed by atoms with Crippen molar-refractivity contribution in [2.24, 2.45) is 5.92 Å². The Morgan fingerprint density at radius 3 is 2.58 bits per heavy atom. The molecule has 1 saturated heterocycles. The van der Waals surface area contributed by atoms with Crippen LogP contribution in [0.2, 0.25) is 5.02 Å². The smallest absolute Gasteiger partial charge is 0.308 e. The fraction of sp³-hybridized carbons (Fsp3) is 0.300.